The van der Waals surface area contributed by atoms with E-state index < -0.39 is 0 Å². The highest BCUT2D eigenvalue weighted by molar-refractivity contribution is 5.77. The van der Waals surface area contributed by atoms with Gasteiger partial charge in [0, 0.05) is 6.54 Å². The van der Waals surface area contributed by atoms with E-state index in [0.29, 0.717) is 12.1 Å². The molecule has 0 bridgehead atoms. The zero-order valence-corrected chi connectivity index (χ0v) is 5.68. The molecule has 56 valence electrons. The lowest BCUT2D eigenvalue weighted by atomic mass is 10.0. The lowest BCUT2D eigenvalue weighted by molar-refractivity contribution is 0.247. The molecule has 2 aliphatic rings. The Morgan fingerprint density at radius 2 is 2.10 bits per heavy atom. The van der Waals surface area contributed by atoms with Crippen molar-refractivity contribution in [2.45, 2.75) is 18.5 Å². The van der Waals surface area contributed by atoms with Crippen LogP contribution in [0, 0.1) is 0 Å². The van der Waals surface area contributed by atoms with Gasteiger partial charge in [-0.05, 0) is 13.0 Å². The van der Waals surface area contributed by atoms with Crippen molar-refractivity contribution in [1.29, 1.82) is 0 Å². The Morgan fingerprint density at radius 3 is 2.90 bits per heavy atom. The minimum absolute atomic E-state index is 0.0151. The predicted molar refractivity (Wildman–Crippen MR) is 36.7 cm³/mol. The van der Waals surface area contributed by atoms with Crippen molar-refractivity contribution in [3.05, 3.63) is 0 Å². The lowest BCUT2D eigenvalue weighted by Gasteiger charge is -2.23. The zero-order chi connectivity index (χ0) is 6.97. The summed E-state index contributed by atoms with van der Waals surface area (Å²) >= 11 is 0. The number of hydrogen-bond donors (Lipinski definition) is 3. The molecule has 0 radical (unpaired) electrons. The van der Waals surface area contributed by atoms with Gasteiger partial charge in [-0.25, -0.2) is 4.79 Å². The first kappa shape index (κ1) is 5.97. The summed E-state index contributed by atoms with van der Waals surface area (Å²) in [4.78, 5) is 10.8. The summed E-state index contributed by atoms with van der Waals surface area (Å²) < 4.78 is 0. The molecule has 0 spiro atoms. The summed E-state index contributed by atoms with van der Waals surface area (Å²) in [5.41, 5.74) is 0. The molecule has 0 aliphatic carbocycles. The molecular formula is C6H11N3O. The average Bonchev–Trinajstić information content (AvgIpc) is 2.27. The first-order valence-corrected chi connectivity index (χ1v) is 3.64. The molecule has 2 fully saturated rings. The number of urea groups is 1. The summed E-state index contributed by atoms with van der Waals surface area (Å²) in [6, 6.07) is 0.675. The van der Waals surface area contributed by atoms with Crippen molar-refractivity contribution in [2.75, 3.05) is 13.1 Å². The van der Waals surface area contributed by atoms with E-state index in [1.807, 2.05) is 0 Å². The molecule has 2 rings (SSSR count). The third-order valence-corrected chi connectivity index (χ3v) is 2.12. The van der Waals surface area contributed by atoms with Crippen molar-refractivity contribution in [3.8, 4) is 0 Å². The Hall–Kier alpha value is -0.770. The number of piperidine rings is 1. The first-order chi connectivity index (χ1) is 4.86. The summed E-state index contributed by atoms with van der Waals surface area (Å²) in [5, 5.41) is 8.93. The Kier molecular flexibility index (Phi) is 1.27. The second kappa shape index (κ2) is 2.12. The fraction of sp³-hybridized carbons (Fsp3) is 0.833. The van der Waals surface area contributed by atoms with Crippen molar-refractivity contribution >= 4 is 6.03 Å². The van der Waals surface area contributed by atoms with Crippen LogP contribution in [0.2, 0.25) is 0 Å². The van der Waals surface area contributed by atoms with Gasteiger partial charge in [-0.3, -0.25) is 0 Å². The van der Waals surface area contributed by atoms with E-state index in [0.717, 1.165) is 19.5 Å². The molecule has 2 heterocycles. The number of hydrogen-bond acceptors (Lipinski definition) is 2. The van der Waals surface area contributed by atoms with Crippen LogP contribution < -0.4 is 16.0 Å². The fourth-order valence-electron chi connectivity index (χ4n) is 1.56. The van der Waals surface area contributed by atoms with Crippen LogP contribution in [0.4, 0.5) is 4.79 Å². The maximum Gasteiger partial charge on any atom is 0.315 e. The molecular weight excluding hydrogens is 130 g/mol. The van der Waals surface area contributed by atoms with Crippen LogP contribution >= 0.6 is 0 Å². The molecule has 0 aromatic carbocycles. The monoisotopic (exact) mass is 141 g/mol. The van der Waals surface area contributed by atoms with Crippen LogP contribution in [0.3, 0.4) is 0 Å². The fourth-order valence-corrected chi connectivity index (χ4v) is 1.56. The van der Waals surface area contributed by atoms with Gasteiger partial charge in [-0.1, -0.05) is 0 Å². The van der Waals surface area contributed by atoms with Crippen molar-refractivity contribution in [2.24, 2.45) is 0 Å². The quantitative estimate of drug-likeness (QED) is 0.406. The summed E-state index contributed by atoms with van der Waals surface area (Å²) in [7, 11) is 0. The molecule has 4 nitrogen and oxygen atoms in total. The van der Waals surface area contributed by atoms with E-state index in [1.54, 1.807) is 0 Å². The molecule has 4 heteroatoms. The van der Waals surface area contributed by atoms with Gasteiger partial charge in [0.1, 0.15) is 0 Å². The van der Waals surface area contributed by atoms with E-state index in [1.165, 1.54) is 0 Å². The SMILES string of the molecule is O=C1NC2CCNCC2N1. The maximum absolute atomic E-state index is 10.8. The van der Waals surface area contributed by atoms with Gasteiger partial charge in [-0.15, -0.1) is 0 Å². The van der Waals surface area contributed by atoms with Crippen molar-refractivity contribution in [3.63, 3.8) is 0 Å². The number of nitrogens with one attached hydrogen (secondary N) is 3. The molecule has 3 N–H and O–H groups in total. The number of carbonyl (C=O) groups is 1. The number of amides is 2. The van der Waals surface area contributed by atoms with Gasteiger partial charge in [0.25, 0.3) is 0 Å². The van der Waals surface area contributed by atoms with Crippen LogP contribution in [0.5, 0.6) is 0 Å². The molecule has 2 aliphatic heterocycles. The van der Waals surface area contributed by atoms with E-state index >= 15 is 0 Å². The van der Waals surface area contributed by atoms with Gasteiger partial charge in [0.15, 0.2) is 0 Å². The molecule has 2 atom stereocenters. The summed E-state index contributed by atoms with van der Waals surface area (Å²) in [6.45, 7) is 1.92. The van der Waals surface area contributed by atoms with E-state index in [2.05, 4.69) is 16.0 Å². The van der Waals surface area contributed by atoms with Gasteiger partial charge >= 0.3 is 6.03 Å². The number of rotatable bonds is 0. The largest absolute Gasteiger partial charge is 0.333 e. The maximum atomic E-state index is 10.8. The van der Waals surface area contributed by atoms with Gasteiger partial charge in [0.05, 0.1) is 12.1 Å². The van der Waals surface area contributed by atoms with Crippen LogP contribution in [0.25, 0.3) is 0 Å². The van der Waals surface area contributed by atoms with Crippen LogP contribution in [-0.4, -0.2) is 31.2 Å². The minimum atomic E-state index is -0.0151. The van der Waals surface area contributed by atoms with Gasteiger partial charge < -0.3 is 16.0 Å². The van der Waals surface area contributed by atoms with Crippen LogP contribution in [0.1, 0.15) is 6.42 Å². The Bertz CT molecular complexity index is 143. The Labute approximate surface area is 59.4 Å². The average molecular weight is 141 g/mol. The second-order valence-corrected chi connectivity index (χ2v) is 2.82. The van der Waals surface area contributed by atoms with E-state index in [9.17, 15) is 4.79 Å². The standard InChI is InChI=1S/C6H11N3O/c10-6-8-4-1-2-7-3-5(4)9-6/h4-5,7H,1-3H2,(H2,8,9,10). The van der Waals surface area contributed by atoms with Crippen molar-refractivity contribution < 1.29 is 4.79 Å². The van der Waals surface area contributed by atoms with E-state index in [4.69, 9.17) is 0 Å². The van der Waals surface area contributed by atoms with Gasteiger partial charge in [-0.2, -0.15) is 0 Å². The molecule has 0 aromatic rings. The van der Waals surface area contributed by atoms with Gasteiger partial charge in [0.2, 0.25) is 0 Å². The second-order valence-electron chi connectivity index (χ2n) is 2.82. The molecule has 2 saturated heterocycles. The molecule has 0 saturated carbocycles. The third-order valence-electron chi connectivity index (χ3n) is 2.12. The minimum Gasteiger partial charge on any atom is -0.333 e. The predicted octanol–water partition coefficient (Wildman–Crippen LogP) is -0.970. The normalized spacial score (nSPS) is 38.2. The molecule has 0 aromatic heterocycles. The van der Waals surface area contributed by atoms with Crippen LogP contribution in [0.15, 0.2) is 0 Å². The number of carbonyl (C=O) groups excluding carboxylic acids is 1. The first-order valence-electron chi connectivity index (χ1n) is 3.64. The summed E-state index contributed by atoms with van der Waals surface area (Å²) in [6.07, 6.45) is 1.05. The smallest absolute Gasteiger partial charge is 0.315 e. The topological polar surface area (TPSA) is 53.2 Å². The molecule has 2 unspecified atom stereocenters. The van der Waals surface area contributed by atoms with Crippen molar-refractivity contribution in [1.82, 2.24) is 16.0 Å². The Morgan fingerprint density at radius 1 is 1.30 bits per heavy atom. The number of fused-ring (bicyclic) bond motifs is 1. The molecule has 2 amide bonds. The highest BCUT2D eigenvalue weighted by atomic mass is 16.2. The zero-order valence-electron chi connectivity index (χ0n) is 5.68. The van der Waals surface area contributed by atoms with Crippen LogP contribution in [-0.2, 0) is 0 Å². The third kappa shape index (κ3) is 0.844. The highest BCUT2D eigenvalue weighted by Gasteiger charge is 2.32. The lowest BCUT2D eigenvalue weighted by Crippen LogP contribution is -2.48. The molecule has 10 heavy (non-hydrogen) atoms. The Balaban J connectivity index is 2.04. The van der Waals surface area contributed by atoms with E-state index in [-0.39, 0.29) is 6.03 Å². The highest BCUT2D eigenvalue weighted by Crippen LogP contribution is 2.07. The summed E-state index contributed by atoms with van der Waals surface area (Å²) in [5.74, 6) is 0.